The number of nitrogens with two attached hydrogens (primary N) is 1. The molecule has 0 spiro atoms. The molecule has 1 aromatic rings. The summed E-state index contributed by atoms with van der Waals surface area (Å²) in [5.74, 6) is -0.0846. The lowest BCUT2D eigenvalue weighted by Crippen LogP contribution is -2.39. The highest BCUT2D eigenvalue weighted by molar-refractivity contribution is 5.33. The van der Waals surface area contributed by atoms with Crippen LogP contribution in [0.1, 0.15) is 32.8 Å². The van der Waals surface area contributed by atoms with Gasteiger partial charge >= 0.3 is 6.36 Å². The lowest BCUT2D eigenvalue weighted by atomic mass is 9.80. The molecule has 0 radical (unpaired) electrons. The Labute approximate surface area is 105 Å². The number of hydrogen-bond donors (Lipinski definition) is 1. The molecule has 2 nitrogen and oxygen atoms in total. The minimum Gasteiger partial charge on any atom is -0.406 e. The van der Waals surface area contributed by atoms with Gasteiger partial charge in [0.05, 0.1) is 0 Å². The van der Waals surface area contributed by atoms with Gasteiger partial charge in [0, 0.05) is 5.54 Å². The Morgan fingerprint density at radius 1 is 1.33 bits per heavy atom. The number of hydrogen-bond acceptors (Lipinski definition) is 2. The summed E-state index contributed by atoms with van der Waals surface area (Å²) in [6, 6.07) is 5.85. The third-order valence-corrected chi connectivity index (χ3v) is 3.33. The first-order valence-electron chi connectivity index (χ1n) is 5.82. The average Bonchev–Trinajstić information content (AvgIpc) is 2.26. The van der Waals surface area contributed by atoms with Gasteiger partial charge < -0.3 is 10.5 Å². The van der Waals surface area contributed by atoms with Crippen LogP contribution in [0.15, 0.2) is 24.3 Å². The van der Waals surface area contributed by atoms with Crippen molar-refractivity contribution in [3.05, 3.63) is 29.8 Å². The van der Waals surface area contributed by atoms with Gasteiger partial charge in [0.1, 0.15) is 5.75 Å². The standard InChI is InChI=1S/C13H18F3NO/c1-4-9(2)12(3,17)10-6-5-7-11(8-10)18-13(14,15)16/h5-9H,4,17H2,1-3H3. The van der Waals surface area contributed by atoms with Crippen molar-refractivity contribution in [2.75, 3.05) is 0 Å². The van der Waals surface area contributed by atoms with Gasteiger partial charge in [0.25, 0.3) is 0 Å². The molecule has 0 aliphatic heterocycles. The zero-order valence-corrected chi connectivity index (χ0v) is 10.7. The van der Waals surface area contributed by atoms with Crippen LogP contribution in [0.2, 0.25) is 0 Å². The molecule has 0 aliphatic rings. The van der Waals surface area contributed by atoms with E-state index in [9.17, 15) is 13.2 Å². The zero-order chi connectivity index (χ0) is 14.0. The van der Waals surface area contributed by atoms with Crippen molar-refractivity contribution in [2.24, 2.45) is 11.7 Å². The first-order chi connectivity index (χ1) is 8.16. The fourth-order valence-corrected chi connectivity index (χ4v) is 1.74. The van der Waals surface area contributed by atoms with E-state index in [1.807, 2.05) is 20.8 Å². The number of alkyl halides is 3. The third kappa shape index (κ3) is 3.63. The van der Waals surface area contributed by atoms with Gasteiger partial charge in [0.15, 0.2) is 0 Å². The van der Waals surface area contributed by atoms with E-state index >= 15 is 0 Å². The van der Waals surface area contributed by atoms with Crippen molar-refractivity contribution < 1.29 is 17.9 Å². The first kappa shape index (κ1) is 14.8. The minimum absolute atomic E-state index is 0.152. The summed E-state index contributed by atoms with van der Waals surface area (Å²) in [6.45, 7) is 5.77. The van der Waals surface area contributed by atoms with Gasteiger partial charge in [-0.2, -0.15) is 0 Å². The number of rotatable bonds is 4. The molecule has 0 aliphatic carbocycles. The van der Waals surface area contributed by atoms with E-state index in [4.69, 9.17) is 5.73 Å². The highest BCUT2D eigenvalue weighted by atomic mass is 19.4. The molecule has 102 valence electrons. The maximum atomic E-state index is 12.1. The predicted octanol–water partition coefficient (Wildman–Crippen LogP) is 3.81. The molecule has 2 unspecified atom stereocenters. The Kier molecular flexibility index (Phi) is 4.27. The molecule has 0 saturated heterocycles. The van der Waals surface area contributed by atoms with Crippen molar-refractivity contribution in [3.8, 4) is 5.75 Å². The fraction of sp³-hybridized carbons (Fsp3) is 0.538. The number of ether oxygens (including phenoxy) is 1. The largest absolute Gasteiger partial charge is 0.573 e. The summed E-state index contributed by atoms with van der Waals surface area (Å²) in [5.41, 5.74) is 6.14. The Balaban J connectivity index is 3.01. The topological polar surface area (TPSA) is 35.2 Å². The van der Waals surface area contributed by atoms with Crippen LogP contribution < -0.4 is 10.5 Å². The average molecular weight is 261 g/mol. The lowest BCUT2D eigenvalue weighted by Gasteiger charge is -2.32. The Morgan fingerprint density at radius 3 is 2.44 bits per heavy atom. The van der Waals surface area contributed by atoms with Crippen molar-refractivity contribution in [1.82, 2.24) is 0 Å². The maximum Gasteiger partial charge on any atom is 0.573 e. The van der Waals surface area contributed by atoms with Crippen LogP contribution in [-0.2, 0) is 5.54 Å². The fourth-order valence-electron chi connectivity index (χ4n) is 1.74. The van der Waals surface area contributed by atoms with Gasteiger partial charge in [-0.3, -0.25) is 0 Å². The Hall–Kier alpha value is -1.23. The van der Waals surface area contributed by atoms with E-state index in [1.165, 1.54) is 18.2 Å². The normalized spacial score (nSPS) is 17.1. The minimum atomic E-state index is -4.68. The van der Waals surface area contributed by atoms with Crippen LogP contribution >= 0.6 is 0 Å². The molecule has 2 atom stereocenters. The summed E-state index contributed by atoms with van der Waals surface area (Å²) >= 11 is 0. The summed E-state index contributed by atoms with van der Waals surface area (Å²) in [6.07, 6.45) is -3.84. The monoisotopic (exact) mass is 261 g/mol. The quantitative estimate of drug-likeness (QED) is 0.894. The van der Waals surface area contributed by atoms with Crippen LogP contribution in [0.5, 0.6) is 5.75 Å². The summed E-state index contributed by atoms with van der Waals surface area (Å²) in [4.78, 5) is 0. The van der Waals surface area contributed by atoms with E-state index in [2.05, 4.69) is 4.74 Å². The molecule has 5 heteroatoms. The van der Waals surface area contributed by atoms with Crippen LogP contribution in [0.25, 0.3) is 0 Å². The molecule has 1 rings (SSSR count). The van der Waals surface area contributed by atoms with E-state index in [0.29, 0.717) is 5.56 Å². The molecular formula is C13H18F3NO. The molecule has 0 fully saturated rings. The molecule has 0 amide bonds. The van der Waals surface area contributed by atoms with Crippen LogP contribution in [-0.4, -0.2) is 6.36 Å². The van der Waals surface area contributed by atoms with Gasteiger partial charge in [-0.1, -0.05) is 32.4 Å². The van der Waals surface area contributed by atoms with Crippen molar-refractivity contribution in [2.45, 2.75) is 39.1 Å². The second kappa shape index (κ2) is 5.18. The van der Waals surface area contributed by atoms with E-state index in [1.54, 1.807) is 6.07 Å². The summed E-state index contributed by atoms with van der Waals surface area (Å²) in [5, 5.41) is 0. The van der Waals surface area contributed by atoms with Gasteiger partial charge in [-0.25, -0.2) is 0 Å². The smallest absolute Gasteiger partial charge is 0.406 e. The molecule has 1 aromatic carbocycles. The van der Waals surface area contributed by atoms with Gasteiger partial charge in [-0.05, 0) is 30.5 Å². The van der Waals surface area contributed by atoms with Crippen LogP contribution in [0.3, 0.4) is 0 Å². The lowest BCUT2D eigenvalue weighted by molar-refractivity contribution is -0.274. The van der Waals surface area contributed by atoms with E-state index in [-0.39, 0.29) is 11.7 Å². The number of benzene rings is 1. The first-order valence-corrected chi connectivity index (χ1v) is 5.82. The second-order valence-electron chi connectivity index (χ2n) is 4.67. The van der Waals surface area contributed by atoms with E-state index in [0.717, 1.165) is 6.42 Å². The van der Waals surface area contributed by atoms with Crippen molar-refractivity contribution >= 4 is 0 Å². The molecule has 0 saturated carbocycles. The van der Waals surface area contributed by atoms with Crippen molar-refractivity contribution in [3.63, 3.8) is 0 Å². The van der Waals surface area contributed by atoms with Crippen molar-refractivity contribution in [1.29, 1.82) is 0 Å². The number of halogens is 3. The zero-order valence-electron chi connectivity index (χ0n) is 10.7. The molecular weight excluding hydrogens is 243 g/mol. The SMILES string of the molecule is CCC(C)C(C)(N)c1cccc(OC(F)(F)F)c1. The van der Waals surface area contributed by atoms with Gasteiger partial charge in [-0.15, -0.1) is 13.2 Å². The summed E-state index contributed by atoms with van der Waals surface area (Å²) in [7, 11) is 0. The molecule has 0 heterocycles. The third-order valence-electron chi connectivity index (χ3n) is 3.33. The highest BCUT2D eigenvalue weighted by Gasteiger charge is 2.32. The van der Waals surface area contributed by atoms with E-state index < -0.39 is 11.9 Å². The molecule has 0 aromatic heterocycles. The predicted molar refractivity (Wildman–Crippen MR) is 64.1 cm³/mol. The second-order valence-corrected chi connectivity index (χ2v) is 4.67. The van der Waals surface area contributed by atoms with Crippen LogP contribution in [0.4, 0.5) is 13.2 Å². The highest BCUT2D eigenvalue weighted by Crippen LogP contribution is 2.32. The van der Waals surface area contributed by atoms with Crippen LogP contribution in [0, 0.1) is 5.92 Å². The molecule has 18 heavy (non-hydrogen) atoms. The molecule has 2 N–H and O–H groups in total. The molecule has 0 bridgehead atoms. The summed E-state index contributed by atoms with van der Waals surface area (Å²) < 4.78 is 40.3. The van der Waals surface area contributed by atoms with Gasteiger partial charge in [0.2, 0.25) is 0 Å². The Bertz CT molecular complexity index is 401. The Morgan fingerprint density at radius 2 is 1.94 bits per heavy atom. The maximum absolute atomic E-state index is 12.1.